The van der Waals surface area contributed by atoms with Gasteiger partial charge in [0, 0.05) is 30.1 Å². The molecule has 2 aromatic rings. The summed E-state index contributed by atoms with van der Waals surface area (Å²) in [5.74, 6) is 0.645. The molecule has 7 heteroatoms. The molecule has 0 radical (unpaired) electrons. The second kappa shape index (κ2) is 7.36. The number of ether oxygens (including phenoxy) is 1. The number of carbonyl (C=O) groups is 1. The standard InChI is InChI=1S/C17H26N4O2S/c1-11-7-8-24-14(11)12(2)18-9-13-10-19-21(6)15(13)20-16(22)23-17(3,4)5/h7-8,10,12,18H,9H2,1-6H3,(H,20,22). The Morgan fingerprint density at radius 3 is 2.75 bits per heavy atom. The highest BCUT2D eigenvalue weighted by Crippen LogP contribution is 2.24. The van der Waals surface area contributed by atoms with Crippen molar-refractivity contribution in [3.05, 3.63) is 33.6 Å². The van der Waals surface area contributed by atoms with Crippen LogP contribution in [0.15, 0.2) is 17.6 Å². The fourth-order valence-corrected chi connectivity index (χ4v) is 3.32. The van der Waals surface area contributed by atoms with Crippen molar-refractivity contribution in [1.29, 1.82) is 0 Å². The first-order valence-corrected chi connectivity index (χ1v) is 8.83. The van der Waals surface area contributed by atoms with Gasteiger partial charge in [0.2, 0.25) is 0 Å². The molecule has 2 heterocycles. The highest BCUT2D eigenvalue weighted by atomic mass is 32.1. The average Bonchev–Trinajstić information content (AvgIpc) is 3.02. The highest BCUT2D eigenvalue weighted by molar-refractivity contribution is 7.10. The molecule has 0 fully saturated rings. The summed E-state index contributed by atoms with van der Waals surface area (Å²) in [4.78, 5) is 13.3. The zero-order chi connectivity index (χ0) is 17.9. The fourth-order valence-electron chi connectivity index (χ4n) is 2.36. The second-order valence-electron chi connectivity index (χ2n) is 6.84. The molecule has 2 rings (SSSR count). The number of aryl methyl sites for hydroxylation is 2. The van der Waals surface area contributed by atoms with Gasteiger partial charge in [-0.2, -0.15) is 5.10 Å². The number of hydrogen-bond donors (Lipinski definition) is 2. The SMILES string of the molecule is Cc1ccsc1C(C)NCc1cnn(C)c1NC(=O)OC(C)(C)C. The van der Waals surface area contributed by atoms with Gasteiger partial charge in [-0.15, -0.1) is 11.3 Å². The summed E-state index contributed by atoms with van der Waals surface area (Å²) in [6, 6.07) is 2.36. The number of thiophene rings is 1. The number of carbonyl (C=O) groups excluding carboxylic acids is 1. The zero-order valence-corrected chi connectivity index (χ0v) is 16.0. The number of anilines is 1. The minimum atomic E-state index is -0.535. The fraction of sp³-hybridized carbons (Fsp3) is 0.529. The Morgan fingerprint density at radius 2 is 2.17 bits per heavy atom. The Morgan fingerprint density at radius 1 is 1.46 bits per heavy atom. The predicted octanol–water partition coefficient (Wildman–Crippen LogP) is 3.99. The number of hydrogen-bond acceptors (Lipinski definition) is 5. The van der Waals surface area contributed by atoms with Crippen molar-refractivity contribution < 1.29 is 9.53 Å². The summed E-state index contributed by atoms with van der Waals surface area (Å²) in [6.07, 6.45) is 1.28. The Bertz CT molecular complexity index is 700. The molecule has 1 unspecified atom stereocenters. The molecule has 24 heavy (non-hydrogen) atoms. The molecule has 6 nitrogen and oxygen atoms in total. The summed E-state index contributed by atoms with van der Waals surface area (Å²) in [5, 5.41) is 12.6. The smallest absolute Gasteiger partial charge is 0.413 e. The Labute approximate surface area is 147 Å². The van der Waals surface area contributed by atoms with Gasteiger partial charge in [-0.25, -0.2) is 4.79 Å². The van der Waals surface area contributed by atoms with Crippen LogP contribution in [0.5, 0.6) is 0 Å². The van der Waals surface area contributed by atoms with E-state index in [-0.39, 0.29) is 6.04 Å². The monoisotopic (exact) mass is 350 g/mol. The summed E-state index contributed by atoms with van der Waals surface area (Å²) in [6.45, 7) is 10.4. The van der Waals surface area contributed by atoms with E-state index in [9.17, 15) is 4.79 Å². The van der Waals surface area contributed by atoms with Gasteiger partial charge in [-0.1, -0.05) is 0 Å². The van der Waals surface area contributed by atoms with Crippen LogP contribution in [0, 0.1) is 6.92 Å². The van der Waals surface area contributed by atoms with Crippen LogP contribution in [0.25, 0.3) is 0 Å². The van der Waals surface area contributed by atoms with Crippen molar-refractivity contribution in [1.82, 2.24) is 15.1 Å². The molecule has 0 aliphatic carbocycles. The van der Waals surface area contributed by atoms with Crippen molar-refractivity contribution in [2.75, 3.05) is 5.32 Å². The first kappa shape index (κ1) is 18.5. The van der Waals surface area contributed by atoms with Gasteiger partial charge < -0.3 is 10.1 Å². The van der Waals surface area contributed by atoms with Crippen molar-refractivity contribution >= 4 is 23.2 Å². The molecule has 2 N–H and O–H groups in total. The average molecular weight is 350 g/mol. The lowest BCUT2D eigenvalue weighted by Gasteiger charge is -2.20. The minimum Gasteiger partial charge on any atom is -0.444 e. The van der Waals surface area contributed by atoms with Crippen molar-refractivity contribution in [3.8, 4) is 0 Å². The van der Waals surface area contributed by atoms with Crippen LogP contribution in [0.2, 0.25) is 0 Å². The van der Waals surface area contributed by atoms with E-state index in [4.69, 9.17) is 4.74 Å². The molecule has 0 aromatic carbocycles. The third-order valence-electron chi connectivity index (χ3n) is 3.53. The minimum absolute atomic E-state index is 0.236. The number of rotatable bonds is 5. The van der Waals surface area contributed by atoms with Gasteiger partial charge in [0.25, 0.3) is 0 Å². The quantitative estimate of drug-likeness (QED) is 0.855. The lowest BCUT2D eigenvalue weighted by molar-refractivity contribution is 0.0634. The zero-order valence-electron chi connectivity index (χ0n) is 15.1. The number of amides is 1. The second-order valence-corrected chi connectivity index (χ2v) is 7.79. The van der Waals surface area contributed by atoms with Crippen molar-refractivity contribution in [2.24, 2.45) is 7.05 Å². The lowest BCUT2D eigenvalue weighted by atomic mass is 10.2. The maximum absolute atomic E-state index is 12.0. The first-order chi connectivity index (χ1) is 11.2. The molecule has 0 aliphatic heterocycles. The van der Waals surface area contributed by atoms with Crippen LogP contribution >= 0.6 is 11.3 Å². The van der Waals surface area contributed by atoms with Gasteiger partial charge in [0.05, 0.1) is 6.20 Å². The van der Waals surface area contributed by atoms with E-state index in [1.54, 1.807) is 29.3 Å². The first-order valence-electron chi connectivity index (χ1n) is 7.95. The Balaban J connectivity index is 2.02. The van der Waals surface area contributed by atoms with Crippen molar-refractivity contribution in [2.45, 2.75) is 52.8 Å². The number of nitrogens with zero attached hydrogens (tertiary/aromatic N) is 2. The molecule has 1 atom stereocenters. The lowest BCUT2D eigenvalue weighted by Crippen LogP contribution is -2.28. The van der Waals surface area contributed by atoms with Crippen LogP contribution in [-0.2, 0) is 18.3 Å². The Kier molecular flexibility index (Phi) is 5.66. The summed E-state index contributed by atoms with van der Waals surface area (Å²) in [7, 11) is 1.79. The van der Waals surface area contributed by atoms with Gasteiger partial charge in [0.1, 0.15) is 11.4 Å². The van der Waals surface area contributed by atoms with E-state index in [0.717, 1.165) is 5.56 Å². The molecule has 0 aliphatic rings. The molecular formula is C17H26N4O2S. The maximum atomic E-state index is 12.0. The summed E-state index contributed by atoms with van der Waals surface area (Å²) >= 11 is 1.75. The molecule has 0 bridgehead atoms. The van der Waals surface area contributed by atoms with Gasteiger partial charge in [-0.05, 0) is 51.6 Å². The van der Waals surface area contributed by atoms with Gasteiger partial charge in [0.15, 0.2) is 0 Å². The van der Waals surface area contributed by atoms with Crippen LogP contribution in [0.4, 0.5) is 10.6 Å². The molecule has 0 spiro atoms. The van der Waals surface area contributed by atoms with E-state index in [1.807, 2.05) is 20.8 Å². The number of nitrogens with one attached hydrogen (secondary N) is 2. The summed E-state index contributed by atoms with van der Waals surface area (Å²) < 4.78 is 6.95. The third-order valence-corrected chi connectivity index (χ3v) is 4.73. The molecular weight excluding hydrogens is 324 g/mol. The molecule has 2 aromatic heterocycles. The van der Waals surface area contributed by atoms with E-state index in [0.29, 0.717) is 12.4 Å². The van der Waals surface area contributed by atoms with Crippen LogP contribution in [0.3, 0.4) is 0 Å². The largest absolute Gasteiger partial charge is 0.444 e. The summed E-state index contributed by atoms with van der Waals surface area (Å²) in [5.41, 5.74) is 1.68. The van der Waals surface area contributed by atoms with E-state index >= 15 is 0 Å². The normalized spacial score (nSPS) is 12.9. The highest BCUT2D eigenvalue weighted by Gasteiger charge is 2.19. The van der Waals surface area contributed by atoms with E-state index in [2.05, 4.69) is 41.0 Å². The van der Waals surface area contributed by atoms with Gasteiger partial charge >= 0.3 is 6.09 Å². The van der Waals surface area contributed by atoms with Crippen LogP contribution in [0.1, 0.15) is 49.7 Å². The molecule has 0 saturated carbocycles. The predicted molar refractivity (Wildman–Crippen MR) is 97.4 cm³/mol. The van der Waals surface area contributed by atoms with E-state index in [1.165, 1.54) is 10.4 Å². The van der Waals surface area contributed by atoms with E-state index < -0.39 is 11.7 Å². The number of aromatic nitrogens is 2. The topological polar surface area (TPSA) is 68.2 Å². The molecule has 132 valence electrons. The van der Waals surface area contributed by atoms with Crippen LogP contribution < -0.4 is 10.6 Å². The molecule has 1 amide bonds. The molecule has 0 saturated heterocycles. The van der Waals surface area contributed by atoms with Crippen LogP contribution in [-0.4, -0.2) is 21.5 Å². The Hall–Kier alpha value is -1.86. The maximum Gasteiger partial charge on any atom is 0.413 e. The van der Waals surface area contributed by atoms with Gasteiger partial charge in [-0.3, -0.25) is 10.00 Å². The van der Waals surface area contributed by atoms with Crippen molar-refractivity contribution in [3.63, 3.8) is 0 Å². The third kappa shape index (κ3) is 4.82.